The predicted molar refractivity (Wildman–Crippen MR) is 84.3 cm³/mol. The van der Waals surface area contributed by atoms with Gasteiger partial charge in [0.25, 0.3) is 0 Å². The Balaban J connectivity index is 2.63. The summed E-state index contributed by atoms with van der Waals surface area (Å²) < 4.78 is 0. The van der Waals surface area contributed by atoms with Crippen LogP contribution in [0.2, 0.25) is 0 Å². The number of rotatable bonds is 4. The summed E-state index contributed by atoms with van der Waals surface area (Å²) in [6, 6.07) is 1.82. The fourth-order valence-electron chi connectivity index (χ4n) is 1.75. The van der Waals surface area contributed by atoms with E-state index in [9.17, 15) is 4.79 Å². The van der Waals surface area contributed by atoms with Crippen molar-refractivity contribution in [2.45, 2.75) is 25.0 Å². The molecule has 0 aliphatic heterocycles. The van der Waals surface area contributed by atoms with Gasteiger partial charge in [0.2, 0.25) is 0 Å². The SMILES string of the molecule is CSc1ncc2cc(N(C)C(=O)O)nc(NC(C)C)c2n1. The van der Waals surface area contributed by atoms with Crippen LogP contribution in [0.5, 0.6) is 0 Å². The summed E-state index contributed by atoms with van der Waals surface area (Å²) in [7, 11) is 1.45. The van der Waals surface area contributed by atoms with Gasteiger partial charge in [-0.15, -0.1) is 0 Å². The molecule has 2 N–H and O–H groups in total. The summed E-state index contributed by atoms with van der Waals surface area (Å²) in [4.78, 5) is 25.2. The zero-order valence-corrected chi connectivity index (χ0v) is 13.1. The first-order valence-corrected chi connectivity index (χ1v) is 7.59. The van der Waals surface area contributed by atoms with Crippen molar-refractivity contribution in [3.8, 4) is 0 Å². The maximum Gasteiger partial charge on any atom is 0.412 e. The number of fused-ring (bicyclic) bond motifs is 1. The molecule has 0 aliphatic carbocycles. The maximum atomic E-state index is 11.1. The molecule has 0 bridgehead atoms. The molecule has 8 heteroatoms. The molecule has 0 unspecified atom stereocenters. The second-order valence-corrected chi connectivity index (χ2v) is 5.54. The van der Waals surface area contributed by atoms with Crippen LogP contribution in [-0.4, -0.2) is 45.5 Å². The van der Waals surface area contributed by atoms with Crippen molar-refractivity contribution < 1.29 is 9.90 Å². The molecule has 0 atom stereocenters. The van der Waals surface area contributed by atoms with Crippen molar-refractivity contribution >= 4 is 40.4 Å². The number of pyridine rings is 1. The normalized spacial score (nSPS) is 10.9. The lowest BCUT2D eigenvalue weighted by Gasteiger charge is -2.17. The summed E-state index contributed by atoms with van der Waals surface area (Å²) in [5.74, 6) is 0.891. The van der Waals surface area contributed by atoms with Crippen LogP contribution in [-0.2, 0) is 0 Å². The van der Waals surface area contributed by atoms with Gasteiger partial charge in [-0.2, -0.15) is 0 Å². The first-order chi connectivity index (χ1) is 9.92. The minimum atomic E-state index is -1.07. The predicted octanol–water partition coefficient (Wildman–Crippen LogP) is 2.68. The summed E-state index contributed by atoms with van der Waals surface area (Å²) in [6.45, 7) is 3.97. The number of amides is 1. The molecule has 2 aromatic rings. The quantitative estimate of drug-likeness (QED) is 0.662. The smallest absolute Gasteiger partial charge is 0.412 e. The van der Waals surface area contributed by atoms with E-state index in [1.54, 1.807) is 12.3 Å². The molecule has 7 nitrogen and oxygen atoms in total. The van der Waals surface area contributed by atoms with Gasteiger partial charge in [-0.05, 0) is 26.2 Å². The zero-order valence-electron chi connectivity index (χ0n) is 12.3. The Labute approximate surface area is 126 Å². The van der Waals surface area contributed by atoms with Gasteiger partial charge in [-0.1, -0.05) is 11.8 Å². The first kappa shape index (κ1) is 15.3. The van der Waals surface area contributed by atoms with Crippen LogP contribution in [0.25, 0.3) is 10.9 Å². The second kappa shape index (κ2) is 6.13. The lowest BCUT2D eigenvalue weighted by atomic mass is 10.2. The number of hydrogen-bond acceptors (Lipinski definition) is 6. The van der Waals surface area contributed by atoms with E-state index in [2.05, 4.69) is 20.3 Å². The van der Waals surface area contributed by atoms with Gasteiger partial charge in [0.15, 0.2) is 11.0 Å². The second-order valence-electron chi connectivity index (χ2n) is 4.76. The van der Waals surface area contributed by atoms with Crippen molar-refractivity contribution in [1.29, 1.82) is 0 Å². The number of thioether (sulfide) groups is 1. The van der Waals surface area contributed by atoms with Crippen molar-refractivity contribution in [3.05, 3.63) is 12.3 Å². The Kier molecular flexibility index (Phi) is 4.46. The van der Waals surface area contributed by atoms with Crippen LogP contribution in [0.3, 0.4) is 0 Å². The van der Waals surface area contributed by atoms with Crippen LogP contribution < -0.4 is 10.2 Å². The molecule has 0 radical (unpaired) electrons. The third kappa shape index (κ3) is 3.33. The van der Waals surface area contributed by atoms with Crippen molar-refractivity contribution in [1.82, 2.24) is 15.0 Å². The lowest BCUT2D eigenvalue weighted by molar-refractivity contribution is 0.203. The van der Waals surface area contributed by atoms with Crippen LogP contribution >= 0.6 is 11.8 Å². The number of hydrogen-bond donors (Lipinski definition) is 2. The van der Waals surface area contributed by atoms with Gasteiger partial charge in [-0.25, -0.2) is 19.7 Å². The Bertz CT molecular complexity index is 677. The number of carbonyl (C=O) groups is 1. The molecule has 0 fully saturated rings. The lowest BCUT2D eigenvalue weighted by Crippen LogP contribution is -2.25. The van der Waals surface area contributed by atoms with Gasteiger partial charge in [0.05, 0.1) is 0 Å². The van der Waals surface area contributed by atoms with Gasteiger partial charge < -0.3 is 10.4 Å². The summed E-state index contributed by atoms with van der Waals surface area (Å²) >= 11 is 1.44. The molecule has 0 saturated carbocycles. The van der Waals surface area contributed by atoms with Crippen molar-refractivity contribution in [2.24, 2.45) is 0 Å². The van der Waals surface area contributed by atoms with E-state index >= 15 is 0 Å². The third-order valence-electron chi connectivity index (χ3n) is 2.77. The molecule has 112 valence electrons. The van der Waals surface area contributed by atoms with Gasteiger partial charge in [0, 0.05) is 24.7 Å². The molecule has 2 heterocycles. The van der Waals surface area contributed by atoms with E-state index in [0.717, 1.165) is 10.3 Å². The van der Waals surface area contributed by atoms with E-state index < -0.39 is 6.09 Å². The van der Waals surface area contributed by atoms with Crippen molar-refractivity contribution in [2.75, 3.05) is 23.5 Å². The van der Waals surface area contributed by atoms with Crippen LogP contribution in [0.4, 0.5) is 16.4 Å². The molecular formula is C13H17N5O2S. The molecular weight excluding hydrogens is 290 g/mol. The van der Waals surface area contributed by atoms with E-state index in [0.29, 0.717) is 22.3 Å². The van der Waals surface area contributed by atoms with E-state index in [1.807, 2.05) is 20.1 Å². The molecule has 0 saturated heterocycles. The first-order valence-electron chi connectivity index (χ1n) is 6.37. The van der Waals surface area contributed by atoms with Gasteiger partial charge >= 0.3 is 6.09 Å². The average molecular weight is 307 g/mol. The molecule has 1 amide bonds. The Morgan fingerprint density at radius 1 is 1.43 bits per heavy atom. The summed E-state index contributed by atoms with van der Waals surface area (Å²) in [6.07, 6.45) is 2.51. The van der Waals surface area contributed by atoms with E-state index in [-0.39, 0.29) is 6.04 Å². The fraction of sp³-hybridized carbons (Fsp3) is 0.385. The third-order valence-corrected chi connectivity index (χ3v) is 3.33. The highest BCUT2D eigenvalue weighted by Gasteiger charge is 2.15. The molecule has 0 aliphatic rings. The number of nitrogens with one attached hydrogen (secondary N) is 1. The van der Waals surface area contributed by atoms with Crippen molar-refractivity contribution in [3.63, 3.8) is 0 Å². The molecule has 0 spiro atoms. The molecule has 0 aromatic carbocycles. The van der Waals surface area contributed by atoms with E-state index in [4.69, 9.17) is 5.11 Å². The topological polar surface area (TPSA) is 91.2 Å². The Morgan fingerprint density at radius 2 is 2.14 bits per heavy atom. The Hall–Kier alpha value is -2.09. The largest absolute Gasteiger partial charge is 0.465 e. The van der Waals surface area contributed by atoms with Gasteiger partial charge in [0.1, 0.15) is 11.3 Å². The highest BCUT2D eigenvalue weighted by molar-refractivity contribution is 7.98. The molecule has 21 heavy (non-hydrogen) atoms. The minimum Gasteiger partial charge on any atom is -0.465 e. The number of aromatic nitrogens is 3. The number of carboxylic acid groups (broad SMARTS) is 1. The number of anilines is 2. The molecule has 2 aromatic heterocycles. The molecule has 2 rings (SSSR count). The van der Waals surface area contributed by atoms with Crippen LogP contribution in [0, 0.1) is 0 Å². The average Bonchev–Trinajstić information content (AvgIpc) is 2.45. The zero-order chi connectivity index (χ0) is 15.6. The summed E-state index contributed by atoms with van der Waals surface area (Å²) in [5, 5.41) is 13.7. The van der Waals surface area contributed by atoms with Gasteiger partial charge in [-0.3, -0.25) is 4.90 Å². The number of nitrogens with zero attached hydrogens (tertiary/aromatic N) is 4. The highest BCUT2D eigenvalue weighted by atomic mass is 32.2. The van der Waals surface area contributed by atoms with Crippen LogP contribution in [0.1, 0.15) is 13.8 Å². The highest BCUT2D eigenvalue weighted by Crippen LogP contribution is 2.26. The fourth-order valence-corrected chi connectivity index (χ4v) is 2.09. The standard InChI is InChI=1S/C13H17N5O2S/c1-7(2)15-11-10-8(6-14-12(17-10)21-4)5-9(16-11)18(3)13(19)20/h5-7H,1-4H3,(H,15,16)(H,19,20). The van der Waals surface area contributed by atoms with Crippen LogP contribution in [0.15, 0.2) is 17.4 Å². The maximum absolute atomic E-state index is 11.1. The Morgan fingerprint density at radius 3 is 2.71 bits per heavy atom. The van der Waals surface area contributed by atoms with E-state index in [1.165, 1.54) is 18.8 Å². The summed E-state index contributed by atoms with van der Waals surface area (Å²) in [5.41, 5.74) is 0.686. The minimum absolute atomic E-state index is 0.152. The monoisotopic (exact) mass is 307 g/mol.